The Labute approximate surface area is 134 Å². The number of amides is 1. The Morgan fingerprint density at radius 2 is 1.41 bits per heavy atom. The Bertz CT molecular complexity index is 321. The lowest BCUT2D eigenvalue weighted by molar-refractivity contribution is -0.134. The average molecular weight is 313 g/mol. The van der Waals surface area contributed by atoms with E-state index in [1.807, 2.05) is 4.90 Å². The molecule has 0 atom stereocenters. The van der Waals surface area contributed by atoms with Crippen LogP contribution in [0.3, 0.4) is 0 Å². The maximum Gasteiger partial charge on any atom is 0.224 e. The third-order valence-electron chi connectivity index (χ3n) is 4.69. The van der Waals surface area contributed by atoms with Crippen molar-refractivity contribution < 1.29 is 19.0 Å². The molecule has 1 heterocycles. The highest BCUT2D eigenvalue weighted by atomic mass is 16.5. The van der Waals surface area contributed by atoms with Gasteiger partial charge in [-0.2, -0.15) is 0 Å². The fourth-order valence-electron chi connectivity index (χ4n) is 2.91. The van der Waals surface area contributed by atoms with Crippen molar-refractivity contribution in [2.45, 2.75) is 45.4 Å². The Hall–Kier alpha value is -0.650. The molecule has 128 valence electrons. The van der Waals surface area contributed by atoms with Gasteiger partial charge in [-0.05, 0) is 37.5 Å². The van der Waals surface area contributed by atoms with Crippen LogP contribution in [-0.2, 0) is 19.0 Å². The van der Waals surface area contributed by atoms with Crippen LogP contribution in [0.5, 0.6) is 0 Å². The van der Waals surface area contributed by atoms with Gasteiger partial charge in [-0.15, -0.1) is 0 Å². The average Bonchev–Trinajstić information content (AvgIpc) is 3.29. The van der Waals surface area contributed by atoms with Crippen molar-refractivity contribution in [1.82, 2.24) is 4.90 Å². The molecule has 0 aromatic carbocycles. The van der Waals surface area contributed by atoms with E-state index in [4.69, 9.17) is 14.2 Å². The van der Waals surface area contributed by atoms with Crippen molar-refractivity contribution in [2.75, 3.05) is 52.7 Å². The molecule has 1 saturated heterocycles. The third-order valence-corrected chi connectivity index (χ3v) is 4.69. The molecule has 0 N–H and O–H groups in total. The van der Waals surface area contributed by atoms with E-state index in [9.17, 15) is 4.79 Å². The van der Waals surface area contributed by atoms with E-state index < -0.39 is 0 Å². The summed E-state index contributed by atoms with van der Waals surface area (Å²) in [6.07, 6.45) is 6.69. The third kappa shape index (κ3) is 6.23. The molecule has 22 heavy (non-hydrogen) atoms. The molecule has 1 spiro atoms. The second-order valence-electron chi connectivity index (χ2n) is 6.47. The van der Waals surface area contributed by atoms with Crippen LogP contribution in [0.25, 0.3) is 0 Å². The van der Waals surface area contributed by atoms with Crippen molar-refractivity contribution in [3.8, 4) is 0 Å². The van der Waals surface area contributed by atoms with Crippen molar-refractivity contribution in [2.24, 2.45) is 5.41 Å². The smallest absolute Gasteiger partial charge is 0.224 e. The van der Waals surface area contributed by atoms with E-state index in [1.54, 1.807) is 0 Å². The Balaban J connectivity index is 1.38. The normalized spacial score (nSPS) is 19.6. The van der Waals surface area contributed by atoms with E-state index >= 15 is 0 Å². The van der Waals surface area contributed by atoms with Gasteiger partial charge in [0.15, 0.2) is 0 Å². The van der Waals surface area contributed by atoms with E-state index in [0.29, 0.717) is 44.9 Å². The topological polar surface area (TPSA) is 48.0 Å². The van der Waals surface area contributed by atoms with Crippen molar-refractivity contribution in [3.05, 3.63) is 0 Å². The van der Waals surface area contributed by atoms with Crippen LogP contribution in [0.2, 0.25) is 0 Å². The van der Waals surface area contributed by atoms with Gasteiger partial charge in [-0.1, -0.05) is 6.92 Å². The van der Waals surface area contributed by atoms with Crippen molar-refractivity contribution >= 4 is 5.91 Å². The minimum Gasteiger partial charge on any atom is -0.379 e. The second kappa shape index (κ2) is 9.48. The van der Waals surface area contributed by atoms with E-state index in [0.717, 1.165) is 26.1 Å². The number of carbonyl (C=O) groups excluding carboxylic acids is 1. The standard InChI is InChI=1S/C17H31NO4/c1-2-10-20-12-14-22-15-13-21-11-3-16(19)18-8-6-17(4-5-17)7-9-18/h2-15H2,1H3. The molecule has 2 aliphatic rings. The lowest BCUT2D eigenvalue weighted by atomic mass is 9.93. The van der Waals surface area contributed by atoms with Gasteiger partial charge >= 0.3 is 0 Å². The number of rotatable bonds is 11. The molecule has 1 amide bonds. The maximum absolute atomic E-state index is 12.1. The molecule has 5 heteroatoms. The lowest BCUT2D eigenvalue weighted by Gasteiger charge is -2.32. The summed E-state index contributed by atoms with van der Waals surface area (Å²) in [6.45, 7) is 7.62. The highest BCUT2D eigenvalue weighted by Gasteiger charge is 2.44. The number of ether oxygens (including phenoxy) is 3. The molecule has 0 aromatic rings. The number of nitrogens with zero attached hydrogens (tertiary/aromatic N) is 1. The lowest BCUT2D eigenvalue weighted by Crippen LogP contribution is -2.39. The van der Waals surface area contributed by atoms with Gasteiger partial charge in [0.1, 0.15) is 0 Å². The number of carbonyl (C=O) groups is 1. The number of hydrogen-bond donors (Lipinski definition) is 0. The quantitative estimate of drug-likeness (QED) is 0.549. The summed E-state index contributed by atoms with van der Waals surface area (Å²) >= 11 is 0. The predicted molar refractivity (Wildman–Crippen MR) is 84.8 cm³/mol. The highest BCUT2D eigenvalue weighted by Crippen LogP contribution is 2.53. The van der Waals surface area contributed by atoms with Crippen LogP contribution in [0, 0.1) is 5.41 Å². The SMILES string of the molecule is CCCOCCOCCOCCC(=O)N1CCC2(CC1)CC2. The van der Waals surface area contributed by atoms with Gasteiger partial charge in [0.25, 0.3) is 0 Å². The molecule has 1 aliphatic carbocycles. The first-order valence-corrected chi connectivity index (χ1v) is 8.77. The summed E-state index contributed by atoms with van der Waals surface area (Å²) in [4.78, 5) is 14.1. The van der Waals surface area contributed by atoms with Gasteiger partial charge in [-0.3, -0.25) is 4.79 Å². The zero-order chi connectivity index (χ0) is 15.7. The zero-order valence-electron chi connectivity index (χ0n) is 14.0. The van der Waals surface area contributed by atoms with E-state index in [2.05, 4.69) is 6.92 Å². The van der Waals surface area contributed by atoms with Crippen LogP contribution in [0.4, 0.5) is 0 Å². The molecule has 1 saturated carbocycles. The summed E-state index contributed by atoms with van der Waals surface area (Å²) in [7, 11) is 0. The molecular formula is C17H31NO4. The minimum absolute atomic E-state index is 0.240. The first-order chi connectivity index (χ1) is 10.8. The van der Waals surface area contributed by atoms with Crippen LogP contribution in [0.1, 0.15) is 45.4 Å². The fraction of sp³-hybridized carbons (Fsp3) is 0.941. The van der Waals surface area contributed by atoms with Crippen LogP contribution < -0.4 is 0 Å². The van der Waals surface area contributed by atoms with E-state index in [-0.39, 0.29) is 5.91 Å². The summed E-state index contributed by atoms with van der Waals surface area (Å²) in [5.74, 6) is 0.240. The van der Waals surface area contributed by atoms with Gasteiger partial charge in [0, 0.05) is 19.7 Å². The molecule has 0 radical (unpaired) electrons. The fourth-order valence-corrected chi connectivity index (χ4v) is 2.91. The predicted octanol–water partition coefficient (Wildman–Crippen LogP) is 2.24. The van der Waals surface area contributed by atoms with Gasteiger partial charge in [0.05, 0.1) is 39.5 Å². The minimum atomic E-state index is 0.240. The molecule has 0 aromatic heterocycles. The van der Waals surface area contributed by atoms with Crippen LogP contribution >= 0.6 is 0 Å². The molecule has 2 rings (SSSR count). The molecule has 5 nitrogen and oxygen atoms in total. The van der Waals surface area contributed by atoms with Gasteiger partial charge in [-0.25, -0.2) is 0 Å². The summed E-state index contributed by atoms with van der Waals surface area (Å²) < 4.78 is 16.2. The van der Waals surface area contributed by atoms with Gasteiger partial charge in [0.2, 0.25) is 5.91 Å². The first kappa shape index (κ1) is 17.7. The summed E-state index contributed by atoms with van der Waals surface area (Å²) in [5, 5.41) is 0. The molecule has 2 fully saturated rings. The number of likely N-dealkylation sites (tertiary alicyclic amines) is 1. The molecular weight excluding hydrogens is 282 g/mol. The van der Waals surface area contributed by atoms with Crippen LogP contribution in [0.15, 0.2) is 0 Å². The Kier molecular flexibility index (Phi) is 7.63. The Morgan fingerprint density at radius 3 is 1.95 bits per heavy atom. The molecule has 1 aliphatic heterocycles. The monoisotopic (exact) mass is 313 g/mol. The van der Waals surface area contributed by atoms with Crippen LogP contribution in [-0.4, -0.2) is 63.5 Å². The summed E-state index contributed by atoms with van der Waals surface area (Å²) in [6, 6.07) is 0. The summed E-state index contributed by atoms with van der Waals surface area (Å²) in [5.41, 5.74) is 0.630. The molecule has 0 bridgehead atoms. The van der Waals surface area contributed by atoms with E-state index in [1.165, 1.54) is 25.7 Å². The van der Waals surface area contributed by atoms with Crippen molar-refractivity contribution in [3.63, 3.8) is 0 Å². The van der Waals surface area contributed by atoms with Gasteiger partial charge < -0.3 is 19.1 Å². The number of hydrogen-bond acceptors (Lipinski definition) is 4. The van der Waals surface area contributed by atoms with Crippen molar-refractivity contribution in [1.29, 1.82) is 0 Å². The second-order valence-corrected chi connectivity index (χ2v) is 6.47. The highest BCUT2D eigenvalue weighted by molar-refractivity contribution is 5.76. The first-order valence-electron chi connectivity index (χ1n) is 8.77. The largest absolute Gasteiger partial charge is 0.379 e. The zero-order valence-corrected chi connectivity index (χ0v) is 14.0. The maximum atomic E-state index is 12.1. The molecule has 0 unspecified atom stereocenters. The number of piperidine rings is 1. The Morgan fingerprint density at radius 1 is 0.864 bits per heavy atom.